The van der Waals surface area contributed by atoms with Crippen LogP contribution >= 0.6 is 11.6 Å². The molecule has 8 heteroatoms. The summed E-state index contributed by atoms with van der Waals surface area (Å²) in [5.41, 5.74) is 4.37. The summed E-state index contributed by atoms with van der Waals surface area (Å²) in [6.45, 7) is 5.52. The number of carboxylic acid groups (broad SMARTS) is 1. The molecule has 1 heterocycles. The van der Waals surface area contributed by atoms with E-state index in [0.717, 1.165) is 29.5 Å². The molecular formula is C29H31ClN2O5. The number of aromatic carboxylic acids is 1. The number of pyridine rings is 1. The van der Waals surface area contributed by atoms with Gasteiger partial charge in [-0.15, -0.1) is 0 Å². The number of hydrogen-bond donors (Lipinski definition) is 2. The van der Waals surface area contributed by atoms with Crippen LogP contribution in [0.3, 0.4) is 0 Å². The Labute approximate surface area is 221 Å². The zero-order chi connectivity index (χ0) is 26.7. The summed E-state index contributed by atoms with van der Waals surface area (Å²) in [6, 6.07) is 16.2. The number of aliphatic hydroxyl groups excluding tert-OH is 1. The van der Waals surface area contributed by atoms with Gasteiger partial charge < -0.3 is 19.8 Å². The van der Waals surface area contributed by atoms with Gasteiger partial charge in [-0.05, 0) is 80.5 Å². The van der Waals surface area contributed by atoms with Crippen molar-refractivity contribution in [2.24, 2.45) is 0 Å². The van der Waals surface area contributed by atoms with Crippen LogP contribution in [0.25, 0.3) is 11.1 Å². The molecule has 0 saturated heterocycles. The Balaban J connectivity index is 1.58. The molecule has 2 aromatic carbocycles. The van der Waals surface area contributed by atoms with E-state index >= 15 is 0 Å². The van der Waals surface area contributed by atoms with Gasteiger partial charge in [0.25, 0.3) is 0 Å². The van der Waals surface area contributed by atoms with Crippen molar-refractivity contribution in [1.29, 1.82) is 0 Å². The fraction of sp³-hybridized carbons (Fsp3) is 0.345. The largest absolute Gasteiger partial charge is 0.478 e. The third kappa shape index (κ3) is 6.67. The number of ether oxygens (including phenoxy) is 1. The van der Waals surface area contributed by atoms with Gasteiger partial charge in [-0.2, -0.15) is 0 Å². The number of amides is 1. The molecule has 2 N–H and O–H groups in total. The van der Waals surface area contributed by atoms with E-state index in [1.165, 1.54) is 11.8 Å². The molecule has 0 spiro atoms. The van der Waals surface area contributed by atoms with Crippen LogP contribution in [0, 0.1) is 0 Å². The van der Waals surface area contributed by atoms with Gasteiger partial charge >= 0.3 is 12.1 Å². The molecule has 0 saturated carbocycles. The number of carbonyl (C=O) groups excluding carboxylic acids is 1. The first-order valence-electron chi connectivity index (χ1n) is 12.2. The average Bonchev–Trinajstić information content (AvgIpc) is 2.86. The lowest BCUT2D eigenvalue weighted by Crippen LogP contribution is -2.47. The minimum atomic E-state index is -0.960. The molecule has 1 aliphatic carbocycles. The molecule has 0 radical (unpaired) electrons. The summed E-state index contributed by atoms with van der Waals surface area (Å²) in [6.07, 6.45) is 2.24. The van der Waals surface area contributed by atoms with Crippen molar-refractivity contribution in [2.75, 3.05) is 6.54 Å². The molecule has 37 heavy (non-hydrogen) atoms. The minimum Gasteiger partial charge on any atom is -0.478 e. The molecule has 7 nitrogen and oxygen atoms in total. The normalized spacial score (nSPS) is 16.0. The predicted octanol–water partition coefficient (Wildman–Crippen LogP) is 5.93. The molecule has 0 bridgehead atoms. The number of aromatic nitrogens is 1. The van der Waals surface area contributed by atoms with Crippen LogP contribution in [0.15, 0.2) is 60.8 Å². The molecule has 1 aromatic heterocycles. The molecule has 194 valence electrons. The number of halogens is 1. The van der Waals surface area contributed by atoms with Crippen molar-refractivity contribution >= 4 is 23.7 Å². The van der Waals surface area contributed by atoms with E-state index in [1.807, 2.05) is 26.8 Å². The van der Waals surface area contributed by atoms with E-state index in [-0.39, 0.29) is 18.2 Å². The first-order chi connectivity index (χ1) is 17.5. The molecule has 0 unspecified atom stereocenters. The third-order valence-corrected chi connectivity index (χ3v) is 6.67. The fourth-order valence-electron chi connectivity index (χ4n) is 4.56. The number of carbonyl (C=O) groups is 2. The second-order valence-electron chi connectivity index (χ2n) is 10.3. The van der Waals surface area contributed by atoms with Crippen LogP contribution in [0.1, 0.15) is 60.3 Å². The molecule has 0 fully saturated rings. The maximum absolute atomic E-state index is 13.3. The molecule has 1 aliphatic rings. The summed E-state index contributed by atoms with van der Waals surface area (Å²) in [5, 5.41) is 20.4. The molecule has 3 aromatic rings. The van der Waals surface area contributed by atoms with Gasteiger partial charge in [0.05, 0.1) is 18.2 Å². The van der Waals surface area contributed by atoms with E-state index in [2.05, 4.69) is 17.1 Å². The van der Waals surface area contributed by atoms with Crippen molar-refractivity contribution in [2.45, 2.75) is 57.8 Å². The van der Waals surface area contributed by atoms with Crippen LogP contribution in [0.2, 0.25) is 5.15 Å². The zero-order valence-electron chi connectivity index (χ0n) is 21.1. The molecular weight excluding hydrogens is 492 g/mol. The summed E-state index contributed by atoms with van der Waals surface area (Å²) in [7, 11) is 0. The molecule has 4 rings (SSSR count). The van der Waals surface area contributed by atoms with Gasteiger partial charge in [-0.1, -0.05) is 48.0 Å². The third-order valence-electron chi connectivity index (χ3n) is 6.45. The maximum atomic E-state index is 13.3. The Morgan fingerprint density at radius 3 is 2.41 bits per heavy atom. The SMILES string of the molecule is CC(C)(C)OC(=O)N(C[C@@H](O)c1ccc(Cl)nc1)[C@H]1CCc2ccc(-c3ccc(C(=O)O)cc3)cc2C1. The van der Waals surface area contributed by atoms with Gasteiger partial charge in [0.2, 0.25) is 0 Å². The Hall–Kier alpha value is -3.42. The van der Waals surface area contributed by atoms with Gasteiger partial charge in [0.15, 0.2) is 0 Å². The Morgan fingerprint density at radius 2 is 1.78 bits per heavy atom. The minimum absolute atomic E-state index is 0.0641. The van der Waals surface area contributed by atoms with Crippen molar-refractivity contribution in [3.05, 3.63) is 88.2 Å². The van der Waals surface area contributed by atoms with Crippen molar-refractivity contribution < 1.29 is 24.5 Å². The first kappa shape index (κ1) is 26.6. The standard InChI is InChI=1S/C29H31ClN2O5/c1-29(2,3)37-28(36)32(17-25(33)22-11-13-26(30)31-16-22)24-12-10-19-6-9-21(14-23(19)15-24)18-4-7-20(8-5-18)27(34)35/h4-9,11,13-14,16,24-25,33H,10,12,15,17H2,1-3H3,(H,34,35)/t24-,25+/m0/s1. The lowest BCUT2D eigenvalue weighted by atomic mass is 9.85. The Bertz CT molecular complexity index is 1270. The number of nitrogens with zero attached hydrogens (tertiary/aromatic N) is 2. The van der Waals surface area contributed by atoms with Gasteiger partial charge in [0.1, 0.15) is 10.8 Å². The smallest absolute Gasteiger partial charge is 0.410 e. The molecule has 2 atom stereocenters. The van der Waals surface area contributed by atoms with Crippen LogP contribution < -0.4 is 0 Å². The molecule has 1 amide bonds. The highest BCUT2D eigenvalue weighted by molar-refractivity contribution is 6.29. The van der Waals surface area contributed by atoms with Crippen LogP contribution in [0.5, 0.6) is 0 Å². The average molecular weight is 523 g/mol. The Kier molecular flexibility index (Phi) is 7.85. The van der Waals surface area contributed by atoms with E-state index < -0.39 is 23.8 Å². The van der Waals surface area contributed by atoms with Gasteiger partial charge in [-0.3, -0.25) is 0 Å². The lowest BCUT2D eigenvalue weighted by Gasteiger charge is -2.37. The van der Waals surface area contributed by atoms with Crippen molar-refractivity contribution in [1.82, 2.24) is 9.88 Å². The zero-order valence-corrected chi connectivity index (χ0v) is 21.9. The predicted molar refractivity (Wildman–Crippen MR) is 142 cm³/mol. The second-order valence-corrected chi connectivity index (χ2v) is 10.7. The van der Waals surface area contributed by atoms with Crippen LogP contribution in [-0.2, 0) is 17.6 Å². The number of benzene rings is 2. The number of fused-ring (bicyclic) bond motifs is 1. The highest BCUT2D eigenvalue weighted by Gasteiger charge is 2.33. The maximum Gasteiger partial charge on any atom is 0.410 e. The summed E-state index contributed by atoms with van der Waals surface area (Å²) >= 11 is 5.89. The van der Waals surface area contributed by atoms with Crippen molar-refractivity contribution in [3.63, 3.8) is 0 Å². The van der Waals surface area contributed by atoms with E-state index in [4.69, 9.17) is 16.3 Å². The van der Waals surface area contributed by atoms with E-state index in [9.17, 15) is 19.8 Å². The summed E-state index contributed by atoms with van der Waals surface area (Å²) in [4.78, 5) is 30.1. The monoisotopic (exact) mass is 522 g/mol. The fourth-order valence-corrected chi connectivity index (χ4v) is 4.67. The highest BCUT2D eigenvalue weighted by atomic mass is 35.5. The number of rotatable bonds is 6. The van der Waals surface area contributed by atoms with E-state index in [0.29, 0.717) is 17.1 Å². The lowest BCUT2D eigenvalue weighted by molar-refractivity contribution is 0.00191. The summed E-state index contributed by atoms with van der Waals surface area (Å²) in [5.74, 6) is -0.960. The first-order valence-corrected chi connectivity index (χ1v) is 12.6. The van der Waals surface area contributed by atoms with Crippen LogP contribution in [-0.4, -0.2) is 50.3 Å². The Morgan fingerprint density at radius 1 is 1.08 bits per heavy atom. The number of hydrogen-bond acceptors (Lipinski definition) is 5. The van der Waals surface area contributed by atoms with Crippen molar-refractivity contribution in [3.8, 4) is 11.1 Å². The quantitative estimate of drug-likeness (QED) is 0.389. The highest BCUT2D eigenvalue weighted by Crippen LogP contribution is 2.31. The van der Waals surface area contributed by atoms with Crippen LogP contribution in [0.4, 0.5) is 4.79 Å². The van der Waals surface area contributed by atoms with E-state index in [1.54, 1.807) is 41.3 Å². The number of carboxylic acids is 1. The van der Waals surface area contributed by atoms with Gasteiger partial charge in [-0.25, -0.2) is 14.6 Å². The van der Waals surface area contributed by atoms with Gasteiger partial charge in [0, 0.05) is 17.8 Å². The molecule has 0 aliphatic heterocycles. The number of aliphatic hydroxyl groups is 1. The second kappa shape index (κ2) is 10.9. The number of aryl methyl sites for hydroxylation is 1. The topological polar surface area (TPSA) is 100.0 Å². The summed E-state index contributed by atoms with van der Waals surface area (Å²) < 4.78 is 5.71.